The molecule has 4 heteroatoms. The monoisotopic (exact) mass is 237 g/mol. The molecule has 3 nitrogen and oxygen atoms in total. The number of aromatic nitrogens is 1. The summed E-state index contributed by atoms with van der Waals surface area (Å²) in [4.78, 5) is 4.54. The number of hydrogen-bond donors (Lipinski definition) is 2. The first-order chi connectivity index (χ1) is 7.29. The molecule has 0 aliphatic rings. The van der Waals surface area contributed by atoms with Gasteiger partial charge >= 0.3 is 0 Å². The van der Waals surface area contributed by atoms with Crippen LogP contribution in [-0.2, 0) is 11.2 Å². The predicted octanol–water partition coefficient (Wildman–Crippen LogP) is 2.81. The van der Waals surface area contributed by atoms with Gasteiger partial charge in [0.25, 0.3) is 0 Å². The fourth-order valence-corrected chi connectivity index (χ4v) is 1.86. The van der Waals surface area contributed by atoms with E-state index < -0.39 is 0 Å². The summed E-state index contributed by atoms with van der Waals surface area (Å²) in [5.41, 5.74) is 8.68. The van der Waals surface area contributed by atoms with E-state index in [1.54, 1.807) is 0 Å². The van der Waals surface area contributed by atoms with Crippen molar-refractivity contribution in [2.45, 2.75) is 38.9 Å². The number of amidine groups is 1. The summed E-state index contributed by atoms with van der Waals surface area (Å²) in [5.74, 6) is 0.738. The number of rotatable bonds is 2. The number of nitrogens with zero attached hydrogens (tertiary/aromatic N) is 1. The van der Waals surface area contributed by atoms with Gasteiger partial charge in [0.15, 0.2) is 5.17 Å². The van der Waals surface area contributed by atoms with Crippen LogP contribution in [0.25, 0.3) is 0 Å². The summed E-state index contributed by atoms with van der Waals surface area (Å²) >= 11 is 1.35. The van der Waals surface area contributed by atoms with Crippen molar-refractivity contribution in [3.8, 4) is 0 Å². The van der Waals surface area contributed by atoms with Crippen LogP contribution in [0.4, 0.5) is 0 Å². The molecule has 16 heavy (non-hydrogen) atoms. The van der Waals surface area contributed by atoms with Crippen molar-refractivity contribution >= 4 is 16.9 Å². The van der Waals surface area contributed by atoms with Crippen LogP contribution in [0, 0.1) is 12.3 Å². The van der Waals surface area contributed by atoms with Crippen LogP contribution >= 0.6 is 11.8 Å². The lowest BCUT2D eigenvalue weighted by Crippen LogP contribution is -2.14. The lowest BCUT2D eigenvalue weighted by Gasteiger charge is -2.19. The molecule has 0 spiro atoms. The number of nitrogens with two attached hydrogens (primary N) is 1. The van der Waals surface area contributed by atoms with E-state index in [9.17, 15) is 0 Å². The van der Waals surface area contributed by atoms with Crippen molar-refractivity contribution in [1.29, 1.82) is 5.41 Å². The van der Waals surface area contributed by atoms with Gasteiger partial charge in [0, 0.05) is 22.6 Å². The summed E-state index contributed by atoms with van der Waals surface area (Å²) in [6.45, 7) is 8.45. The summed E-state index contributed by atoms with van der Waals surface area (Å²) in [6, 6.07) is 4.15. The fourth-order valence-electron chi connectivity index (χ4n) is 1.37. The molecule has 0 saturated carbocycles. The van der Waals surface area contributed by atoms with Gasteiger partial charge in [-0.1, -0.05) is 32.5 Å². The zero-order valence-corrected chi connectivity index (χ0v) is 11.1. The molecule has 1 rings (SSSR count). The van der Waals surface area contributed by atoms with Crippen LogP contribution in [-0.4, -0.2) is 10.2 Å². The molecular weight excluding hydrogens is 218 g/mol. The fraction of sp³-hybridized carbons (Fsp3) is 0.500. The van der Waals surface area contributed by atoms with E-state index in [2.05, 4.69) is 31.8 Å². The van der Waals surface area contributed by atoms with Crippen LogP contribution in [0.1, 0.15) is 37.7 Å². The third-order valence-corrected chi connectivity index (χ3v) is 2.96. The minimum atomic E-state index is 0.0572. The summed E-state index contributed by atoms with van der Waals surface area (Å²) < 4.78 is 0. The Bertz CT molecular complexity index is 394. The largest absolute Gasteiger partial charge is 0.379 e. The molecule has 0 bridgehead atoms. The van der Waals surface area contributed by atoms with Gasteiger partial charge in [-0.2, -0.15) is 0 Å². The summed E-state index contributed by atoms with van der Waals surface area (Å²) in [7, 11) is 0. The normalized spacial score (nSPS) is 11.5. The molecule has 0 aromatic carbocycles. The minimum Gasteiger partial charge on any atom is -0.379 e. The minimum absolute atomic E-state index is 0.0572. The highest BCUT2D eigenvalue weighted by Crippen LogP contribution is 2.23. The van der Waals surface area contributed by atoms with Gasteiger partial charge in [0.1, 0.15) is 0 Å². The quantitative estimate of drug-likeness (QED) is 0.614. The number of aryl methyl sites for hydroxylation is 1. The number of thioether (sulfide) groups is 1. The Morgan fingerprint density at radius 1 is 1.44 bits per heavy atom. The molecular formula is C12H19N3S. The first-order valence-corrected chi connectivity index (χ1v) is 6.22. The molecule has 1 aromatic rings. The molecule has 0 unspecified atom stereocenters. The molecule has 0 aliphatic carbocycles. The van der Waals surface area contributed by atoms with E-state index in [0.717, 1.165) is 17.1 Å². The van der Waals surface area contributed by atoms with Crippen LogP contribution in [0.3, 0.4) is 0 Å². The van der Waals surface area contributed by atoms with Crippen LogP contribution in [0.15, 0.2) is 12.1 Å². The molecule has 0 atom stereocenters. The van der Waals surface area contributed by atoms with Gasteiger partial charge in [0.2, 0.25) is 0 Å². The maximum absolute atomic E-state index is 7.20. The van der Waals surface area contributed by atoms with Crippen molar-refractivity contribution in [3.05, 3.63) is 29.1 Å². The highest BCUT2D eigenvalue weighted by Gasteiger charge is 2.16. The Morgan fingerprint density at radius 3 is 2.56 bits per heavy atom. The third-order valence-electron chi connectivity index (χ3n) is 2.18. The van der Waals surface area contributed by atoms with Crippen LogP contribution < -0.4 is 5.73 Å². The van der Waals surface area contributed by atoms with Gasteiger partial charge in [-0.25, -0.2) is 0 Å². The van der Waals surface area contributed by atoms with Gasteiger partial charge in [0.05, 0.1) is 0 Å². The third kappa shape index (κ3) is 3.85. The molecule has 1 aromatic heterocycles. The van der Waals surface area contributed by atoms with E-state index in [4.69, 9.17) is 11.1 Å². The molecule has 1 heterocycles. The zero-order chi connectivity index (χ0) is 12.3. The SMILES string of the molecule is Cc1cc(CSC(=N)N)cc(C(C)(C)C)n1. The van der Waals surface area contributed by atoms with Gasteiger partial charge in [-0.15, -0.1) is 0 Å². The average molecular weight is 237 g/mol. The number of nitrogens with one attached hydrogen (secondary N) is 1. The van der Waals surface area contributed by atoms with Crippen molar-refractivity contribution in [3.63, 3.8) is 0 Å². The molecule has 0 amide bonds. The second-order valence-corrected chi connectivity index (χ2v) is 5.92. The molecule has 0 aliphatic heterocycles. The van der Waals surface area contributed by atoms with E-state index in [1.807, 2.05) is 13.0 Å². The maximum atomic E-state index is 7.20. The van der Waals surface area contributed by atoms with Crippen molar-refractivity contribution in [2.75, 3.05) is 0 Å². The zero-order valence-electron chi connectivity index (χ0n) is 10.3. The molecule has 88 valence electrons. The Hall–Kier alpha value is -1.03. The second-order valence-electron chi connectivity index (χ2n) is 4.90. The van der Waals surface area contributed by atoms with E-state index in [1.165, 1.54) is 17.3 Å². The first-order valence-electron chi connectivity index (χ1n) is 5.24. The molecule has 0 radical (unpaired) electrons. The Balaban J connectivity index is 2.94. The summed E-state index contributed by atoms with van der Waals surface area (Å²) in [5, 5.41) is 7.36. The van der Waals surface area contributed by atoms with E-state index >= 15 is 0 Å². The number of pyridine rings is 1. The highest BCUT2D eigenvalue weighted by molar-refractivity contribution is 8.13. The van der Waals surface area contributed by atoms with Crippen LogP contribution in [0.5, 0.6) is 0 Å². The van der Waals surface area contributed by atoms with Gasteiger partial charge < -0.3 is 5.73 Å². The maximum Gasteiger partial charge on any atom is 0.151 e. The second kappa shape index (κ2) is 4.87. The number of hydrogen-bond acceptors (Lipinski definition) is 3. The topological polar surface area (TPSA) is 62.8 Å². The van der Waals surface area contributed by atoms with Gasteiger partial charge in [-0.05, 0) is 24.6 Å². The lowest BCUT2D eigenvalue weighted by molar-refractivity contribution is 0.566. The van der Waals surface area contributed by atoms with Crippen molar-refractivity contribution in [2.24, 2.45) is 5.73 Å². The lowest BCUT2D eigenvalue weighted by atomic mass is 9.90. The standard InChI is InChI=1S/C12H19N3S/c1-8-5-9(7-16-11(13)14)6-10(15-8)12(2,3)4/h5-6H,7H2,1-4H3,(H3,13,14). The van der Waals surface area contributed by atoms with Crippen LogP contribution in [0.2, 0.25) is 0 Å². The Labute approximate surface area is 101 Å². The average Bonchev–Trinajstić information content (AvgIpc) is 2.12. The smallest absolute Gasteiger partial charge is 0.151 e. The molecule has 0 fully saturated rings. The Kier molecular flexibility index (Phi) is 3.97. The van der Waals surface area contributed by atoms with Crippen molar-refractivity contribution < 1.29 is 0 Å². The van der Waals surface area contributed by atoms with Crippen molar-refractivity contribution in [1.82, 2.24) is 4.98 Å². The van der Waals surface area contributed by atoms with Gasteiger partial charge in [-0.3, -0.25) is 10.4 Å². The first kappa shape index (κ1) is 13.0. The van der Waals surface area contributed by atoms with E-state index in [-0.39, 0.29) is 10.6 Å². The summed E-state index contributed by atoms with van der Waals surface area (Å²) in [6.07, 6.45) is 0. The Morgan fingerprint density at radius 2 is 2.06 bits per heavy atom. The highest BCUT2D eigenvalue weighted by atomic mass is 32.2. The molecule has 0 saturated heterocycles. The molecule has 3 N–H and O–H groups in total. The predicted molar refractivity (Wildman–Crippen MR) is 70.9 cm³/mol. The van der Waals surface area contributed by atoms with E-state index in [0.29, 0.717) is 0 Å².